The van der Waals surface area contributed by atoms with Crippen molar-refractivity contribution in [1.29, 1.82) is 0 Å². The van der Waals surface area contributed by atoms with Gasteiger partial charge >= 0.3 is 0 Å². The molecule has 0 aliphatic carbocycles. The third-order valence-corrected chi connectivity index (χ3v) is 5.24. The van der Waals surface area contributed by atoms with Crippen LogP contribution in [0.4, 0.5) is 5.82 Å². The third-order valence-electron chi connectivity index (χ3n) is 5.24. The second kappa shape index (κ2) is 7.98. The van der Waals surface area contributed by atoms with Crippen molar-refractivity contribution in [3.63, 3.8) is 0 Å². The third kappa shape index (κ3) is 3.30. The molecule has 0 saturated carbocycles. The molecule has 8 nitrogen and oxygen atoms in total. The fourth-order valence-corrected chi connectivity index (χ4v) is 3.73. The summed E-state index contributed by atoms with van der Waals surface area (Å²) >= 11 is 0. The Bertz CT molecular complexity index is 1080. The lowest BCUT2D eigenvalue weighted by atomic mass is 9.88. The molecule has 1 N–H and O–H groups in total. The molecule has 1 amide bonds. The minimum atomic E-state index is -0.289. The first-order valence-corrected chi connectivity index (χ1v) is 9.41. The number of hydrogen-bond acceptors (Lipinski definition) is 6. The average Bonchev–Trinajstić information content (AvgIpc) is 3.21. The molecule has 156 valence electrons. The van der Waals surface area contributed by atoms with Crippen LogP contribution in [0.5, 0.6) is 23.0 Å². The van der Waals surface area contributed by atoms with Gasteiger partial charge in [-0.3, -0.25) is 9.36 Å². The summed E-state index contributed by atoms with van der Waals surface area (Å²) < 4.78 is 23.5. The molecule has 0 radical (unpaired) electrons. The Morgan fingerprint density at radius 3 is 2.23 bits per heavy atom. The number of imidazole rings is 1. The number of hydrogen-bond donors (Lipinski definition) is 1. The fourth-order valence-electron chi connectivity index (χ4n) is 3.73. The normalized spacial score (nSPS) is 15.2. The molecule has 0 bridgehead atoms. The van der Waals surface area contributed by atoms with Gasteiger partial charge in [-0.2, -0.15) is 0 Å². The zero-order valence-electron chi connectivity index (χ0n) is 17.3. The van der Waals surface area contributed by atoms with Gasteiger partial charge in [-0.25, -0.2) is 4.98 Å². The summed E-state index contributed by atoms with van der Waals surface area (Å²) in [6, 6.07) is 11.2. The van der Waals surface area contributed by atoms with Gasteiger partial charge in [0.05, 0.1) is 34.1 Å². The van der Waals surface area contributed by atoms with E-state index in [9.17, 15) is 4.79 Å². The number of benzene rings is 2. The van der Waals surface area contributed by atoms with Crippen LogP contribution in [-0.2, 0) is 4.79 Å². The predicted octanol–water partition coefficient (Wildman–Crippen LogP) is 3.38. The van der Waals surface area contributed by atoms with E-state index in [-0.39, 0.29) is 18.2 Å². The van der Waals surface area contributed by atoms with Gasteiger partial charge < -0.3 is 24.3 Å². The van der Waals surface area contributed by atoms with Crippen LogP contribution in [0, 0.1) is 0 Å². The van der Waals surface area contributed by atoms with E-state index < -0.39 is 0 Å². The largest absolute Gasteiger partial charge is 0.497 e. The predicted molar refractivity (Wildman–Crippen MR) is 111 cm³/mol. The van der Waals surface area contributed by atoms with E-state index in [2.05, 4.69) is 10.3 Å². The maximum atomic E-state index is 12.6. The second-order valence-electron chi connectivity index (χ2n) is 6.80. The Morgan fingerprint density at radius 2 is 1.60 bits per heavy atom. The van der Waals surface area contributed by atoms with Crippen LogP contribution < -0.4 is 24.3 Å². The maximum Gasteiger partial charge on any atom is 0.226 e. The van der Waals surface area contributed by atoms with Crippen molar-refractivity contribution in [3.8, 4) is 28.7 Å². The Hall–Kier alpha value is -3.68. The van der Waals surface area contributed by atoms with Gasteiger partial charge in [0.1, 0.15) is 23.6 Å². The van der Waals surface area contributed by atoms with Gasteiger partial charge in [-0.1, -0.05) is 0 Å². The molecule has 8 heteroatoms. The summed E-state index contributed by atoms with van der Waals surface area (Å²) in [4.78, 5) is 17.2. The number of aromatic nitrogens is 2. The summed E-state index contributed by atoms with van der Waals surface area (Å²) in [6.45, 7) is 0. The number of methoxy groups -OCH3 is 4. The number of amides is 1. The van der Waals surface area contributed by atoms with Crippen molar-refractivity contribution in [3.05, 3.63) is 54.0 Å². The molecule has 2 heterocycles. The molecule has 2 aromatic carbocycles. The van der Waals surface area contributed by atoms with Crippen molar-refractivity contribution < 1.29 is 23.7 Å². The van der Waals surface area contributed by atoms with E-state index in [4.69, 9.17) is 18.9 Å². The molecule has 0 fully saturated rings. The first-order valence-electron chi connectivity index (χ1n) is 9.41. The zero-order valence-corrected chi connectivity index (χ0v) is 17.3. The highest BCUT2D eigenvalue weighted by Crippen LogP contribution is 2.44. The van der Waals surface area contributed by atoms with Crippen molar-refractivity contribution in [2.24, 2.45) is 0 Å². The van der Waals surface area contributed by atoms with Crippen molar-refractivity contribution >= 4 is 11.7 Å². The molecule has 1 aliphatic heterocycles. The second-order valence-corrected chi connectivity index (χ2v) is 6.80. The monoisotopic (exact) mass is 409 g/mol. The van der Waals surface area contributed by atoms with E-state index in [0.29, 0.717) is 23.1 Å². The molecule has 0 spiro atoms. The van der Waals surface area contributed by atoms with Crippen molar-refractivity contribution in [2.45, 2.75) is 12.3 Å². The van der Waals surface area contributed by atoms with Gasteiger partial charge in [-0.15, -0.1) is 0 Å². The van der Waals surface area contributed by atoms with Crippen LogP contribution in [0.2, 0.25) is 0 Å². The summed E-state index contributed by atoms with van der Waals surface area (Å²) in [7, 11) is 6.35. The number of carbonyl (C=O) groups is 1. The van der Waals surface area contributed by atoms with E-state index in [1.54, 1.807) is 40.8 Å². The van der Waals surface area contributed by atoms with Gasteiger partial charge in [0.2, 0.25) is 5.91 Å². The van der Waals surface area contributed by atoms with Gasteiger partial charge in [0, 0.05) is 29.7 Å². The highest BCUT2D eigenvalue weighted by atomic mass is 16.5. The minimum Gasteiger partial charge on any atom is -0.497 e. The van der Waals surface area contributed by atoms with Crippen molar-refractivity contribution in [2.75, 3.05) is 33.8 Å². The zero-order chi connectivity index (χ0) is 21.3. The molecule has 1 aromatic heterocycles. The fraction of sp³-hybridized carbons (Fsp3) is 0.273. The standard InChI is InChI=1S/C22H23N3O5/c1-27-14-7-5-13(6-8-14)25-12-23-21-16(10-20(26)24-22(21)25)15-9-18(29-3)19(30-4)11-17(15)28-2/h5-9,11-12,16H,10H2,1-4H3,(H,24,26)/t16-/m0/s1. The van der Waals surface area contributed by atoms with Gasteiger partial charge in [0.15, 0.2) is 11.5 Å². The molecule has 1 atom stereocenters. The number of nitrogens with zero attached hydrogens (tertiary/aromatic N) is 2. The van der Waals surface area contributed by atoms with Crippen LogP contribution in [0.15, 0.2) is 42.7 Å². The molecule has 30 heavy (non-hydrogen) atoms. The number of rotatable bonds is 6. The van der Waals surface area contributed by atoms with Crippen LogP contribution in [0.1, 0.15) is 23.6 Å². The topological polar surface area (TPSA) is 83.8 Å². The van der Waals surface area contributed by atoms with Crippen LogP contribution in [0.3, 0.4) is 0 Å². The minimum absolute atomic E-state index is 0.0976. The number of ether oxygens (including phenoxy) is 4. The van der Waals surface area contributed by atoms with E-state index in [1.807, 2.05) is 34.9 Å². The maximum absolute atomic E-state index is 12.6. The van der Waals surface area contributed by atoms with E-state index >= 15 is 0 Å². The summed E-state index contributed by atoms with van der Waals surface area (Å²) in [5.74, 6) is 2.74. The van der Waals surface area contributed by atoms with E-state index in [1.165, 1.54) is 0 Å². The summed E-state index contributed by atoms with van der Waals surface area (Å²) in [5, 5.41) is 2.96. The quantitative estimate of drug-likeness (QED) is 0.672. The van der Waals surface area contributed by atoms with Crippen LogP contribution in [-0.4, -0.2) is 43.9 Å². The van der Waals surface area contributed by atoms with Crippen LogP contribution in [0.25, 0.3) is 5.69 Å². The lowest BCUT2D eigenvalue weighted by Crippen LogP contribution is -2.25. The Labute approximate surface area is 174 Å². The lowest BCUT2D eigenvalue weighted by molar-refractivity contribution is -0.116. The first kappa shape index (κ1) is 19.6. The Morgan fingerprint density at radius 1 is 0.933 bits per heavy atom. The Kier molecular flexibility index (Phi) is 5.22. The Balaban J connectivity index is 1.82. The molecule has 0 saturated heterocycles. The lowest BCUT2D eigenvalue weighted by Gasteiger charge is -2.25. The smallest absolute Gasteiger partial charge is 0.226 e. The molecular formula is C22H23N3O5. The first-order chi connectivity index (χ1) is 14.6. The van der Waals surface area contributed by atoms with Crippen LogP contribution >= 0.6 is 0 Å². The highest BCUT2D eigenvalue weighted by Gasteiger charge is 2.33. The summed E-state index contributed by atoms with van der Waals surface area (Å²) in [6.07, 6.45) is 1.96. The van der Waals surface area contributed by atoms with Crippen molar-refractivity contribution in [1.82, 2.24) is 9.55 Å². The van der Waals surface area contributed by atoms with E-state index in [0.717, 1.165) is 22.7 Å². The highest BCUT2D eigenvalue weighted by molar-refractivity contribution is 5.94. The summed E-state index contributed by atoms with van der Waals surface area (Å²) in [5.41, 5.74) is 2.44. The molecular weight excluding hydrogens is 386 g/mol. The number of fused-ring (bicyclic) bond motifs is 1. The van der Waals surface area contributed by atoms with Gasteiger partial charge in [0.25, 0.3) is 0 Å². The number of nitrogens with one attached hydrogen (secondary N) is 1. The molecule has 3 aromatic rings. The van der Waals surface area contributed by atoms with Gasteiger partial charge in [-0.05, 0) is 30.3 Å². The average molecular weight is 409 g/mol. The number of anilines is 1. The molecule has 1 aliphatic rings. The number of carbonyl (C=O) groups excluding carboxylic acids is 1. The SMILES string of the molecule is COc1ccc(-n2cnc3c2NC(=O)C[C@H]3c2cc(OC)c(OC)cc2OC)cc1. The molecule has 4 rings (SSSR count). The molecule has 0 unspecified atom stereocenters.